The van der Waals surface area contributed by atoms with Crippen molar-refractivity contribution in [3.05, 3.63) is 20.8 Å². The summed E-state index contributed by atoms with van der Waals surface area (Å²) in [5.74, 6) is 0. The second-order valence-electron chi connectivity index (χ2n) is 4.24. The molecule has 3 rings (SSSR count). The zero-order valence-electron chi connectivity index (χ0n) is 8.95. The fraction of sp³-hybridized carbons (Fsp3) is 0.545. The Morgan fingerprint density at radius 3 is 2.81 bits per heavy atom. The largest absolute Gasteiger partial charge is 0.276 e. The Kier molecular flexibility index (Phi) is 2.47. The molecule has 5 heteroatoms. The van der Waals surface area contributed by atoms with Gasteiger partial charge in [-0.05, 0) is 31.2 Å². The van der Waals surface area contributed by atoms with Crippen molar-refractivity contribution in [1.82, 2.24) is 15.4 Å². The van der Waals surface area contributed by atoms with Gasteiger partial charge in [-0.15, -0.1) is 16.4 Å². The standard InChI is InChI=1S/C11H13N3OS/c15-10-9-7-5-3-1-2-4-6-8(7)16-11(9)13-14-12-10/h1-6H2,(H,12,13,15). The Morgan fingerprint density at radius 2 is 1.94 bits per heavy atom. The number of rotatable bonds is 0. The number of hydrogen-bond acceptors (Lipinski definition) is 4. The van der Waals surface area contributed by atoms with Crippen LogP contribution in [0.3, 0.4) is 0 Å². The summed E-state index contributed by atoms with van der Waals surface area (Å²) >= 11 is 1.64. The first-order chi connectivity index (χ1) is 7.86. The molecule has 16 heavy (non-hydrogen) atoms. The van der Waals surface area contributed by atoms with Crippen LogP contribution >= 0.6 is 11.3 Å². The number of aryl methyl sites for hydroxylation is 2. The van der Waals surface area contributed by atoms with Crippen molar-refractivity contribution in [2.75, 3.05) is 0 Å². The van der Waals surface area contributed by atoms with Gasteiger partial charge < -0.3 is 0 Å². The first-order valence-electron chi connectivity index (χ1n) is 5.72. The maximum atomic E-state index is 11.8. The van der Waals surface area contributed by atoms with Gasteiger partial charge in [0.2, 0.25) is 0 Å². The van der Waals surface area contributed by atoms with Crippen LogP contribution in [0.25, 0.3) is 10.2 Å². The SMILES string of the molecule is O=c1[nH]nnc2sc3c(c12)CCCCCC3. The Labute approximate surface area is 96.7 Å². The lowest BCUT2D eigenvalue weighted by Crippen LogP contribution is -2.10. The fourth-order valence-corrected chi connectivity index (χ4v) is 3.59. The van der Waals surface area contributed by atoms with Crippen molar-refractivity contribution in [2.45, 2.75) is 38.5 Å². The molecule has 2 heterocycles. The highest BCUT2D eigenvalue weighted by atomic mass is 32.1. The van der Waals surface area contributed by atoms with Crippen LogP contribution in [0.4, 0.5) is 0 Å². The van der Waals surface area contributed by atoms with E-state index < -0.39 is 0 Å². The minimum absolute atomic E-state index is 0.0805. The molecule has 84 valence electrons. The lowest BCUT2D eigenvalue weighted by molar-refractivity contribution is 0.623. The van der Waals surface area contributed by atoms with Crippen LogP contribution in [0.1, 0.15) is 36.1 Å². The molecule has 0 saturated carbocycles. The molecule has 4 nitrogen and oxygen atoms in total. The molecule has 0 radical (unpaired) electrons. The second kappa shape index (κ2) is 3.97. The number of thiophene rings is 1. The molecule has 0 fully saturated rings. The zero-order valence-corrected chi connectivity index (χ0v) is 9.77. The van der Waals surface area contributed by atoms with Gasteiger partial charge in [-0.1, -0.05) is 18.1 Å². The average Bonchev–Trinajstić information content (AvgIpc) is 2.57. The van der Waals surface area contributed by atoms with Gasteiger partial charge >= 0.3 is 0 Å². The quantitative estimate of drug-likeness (QED) is 0.760. The minimum atomic E-state index is -0.0805. The monoisotopic (exact) mass is 235 g/mol. The summed E-state index contributed by atoms with van der Waals surface area (Å²) in [6.07, 6.45) is 7.09. The van der Waals surface area contributed by atoms with Crippen LogP contribution in [0.5, 0.6) is 0 Å². The van der Waals surface area contributed by atoms with Crippen molar-refractivity contribution in [3.63, 3.8) is 0 Å². The summed E-state index contributed by atoms with van der Waals surface area (Å²) in [4.78, 5) is 13.9. The maximum Gasteiger partial charge on any atom is 0.276 e. The van der Waals surface area contributed by atoms with Gasteiger partial charge in [0.05, 0.1) is 5.39 Å². The molecular weight excluding hydrogens is 222 g/mol. The molecule has 1 aliphatic carbocycles. The van der Waals surface area contributed by atoms with Crippen molar-refractivity contribution in [2.24, 2.45) is 0 Å². The van der Waals surface area contributed by atoms with E-state index in [1.54, 1.807) is 11.3 Å². The summed E-state index contributed by atoms with van der Waals surface area (Å²) in [7, 11) is 0. The third-order valence-electron chi connectivity index (χ3n) is 3.17. The number of aromatic amines is 1. The van der Waals surface area contributed by atoms with Crippen molar-refractivity contribution in [1.29, 1.82) is 0 Å². The van der Waals surface area contributed by atoms with E-state index in [4.69, 9.17) is 0 Å². The highest BCUT2D eigenvalue weighted by Gasteiger charge is 2.17. The average molecular weight is 235 g/mol. The fourth-order valence-electron chi connectivity index (χ4n) is 2.38. The van der Waals surface area contributed by atoms with E-state index >= 15 is 0 Å². The molecule has 0 spiro atoms. The number of aromatic nitrogens is 3. The Bertz CT molecular complexity index is 572. The number of fused-ring (bicyclic) bond motifs is 3. The maximum absolute atomic E-state index is 11.8. The smallest absolute Gasteiger partial charge is 0.267 e. The minimum Gasteiger partial charge on any atom is -0.267 e. The van der Waals surface area contributed by atoms with E-state index in [9.17, 15) is 4.79 Å². The molecule has 0 saturated heterocycles. The number of hydrogen-bond donors (Lipinski definition) is 1. The molecular formula is C11H13N3OS. The van der Waals surface area contributed by atoms with Crippen LogP contribution in [0.2, 0.25) is 0 Å². The molecule has 2 aromatic rings. The Hall–Kier alpha value is -1.23. The van der Waals surface area contributed by atoms with Gasteiger partial charge in [-0.2, -0.15) is 0 Å². The van der Waals surface area contributed by atoms with Crippen LogP contribution in [0.15, 0.2) is 4.79 Å². The molecule has 0 unspecified atom stereocenters. The number of nitrogens with zero attached hydrogens (tertiary/aromatic N) is 2. The summed E-state index contributed by atoms with van der Waals surface area (Å²) in [5, 5.41) is 10.9. The predicted octanol–water partition coefficient (Wildman–Crippen LogP) is 2.04. The van der Waals surface area contributed by atoms with Gasteiger partial charge in [-0.25, -0.2) is 5.10 Å². The molecule has 1 N–H and O–H groups in total. The van der Waals surface area contributed by atoms with Gasteiger partial charge in [0.1, 0.15) is 0 Å². The van der Waals surface area contributed by atoms with Crippen molar-refractivity contribution in [3.8, 4) is 0 Å². The summed E-state index contributed by atoms with van der Waals surface area (Å²) in [6.45, 7) is 0. The van der Waals surface area contributed by atoms with E-state index in [1.165, 1.54) is 36.1 Å². The van der Waals surface area contributed by atoms with Crippen LogP contribution in [-0.4, -0.2) is 15.4 Å². The summed E-state index contributed by atoms with van der Waals surface area (Å²) in [6, 6.07) is 0. The third kappa shape index (κ3) is 1.55. The molecule has 0 atom stereocenters. The van der Waals surface area contributed by atoms with E-state index in [2.05, 4.69) is 15.4 Å². The third-order valence-corrected chi connectivity index (χ3v) is 4.35. The molecule has 0 aromatic carbocycles. The highest BCUT2D eigenvalue weighted by molar-refractivity contribution is 7.18. The Morgan fingerprint density at radius 1 is 1.12 bits per heavy atom. The second-order valence-corrected chi connectivity index (χ2v) is 5.32. The molecule has 1 aliphatic rings. The van der Waals surface area contributed by atoms with E-state index in [-0.39, 0.29) is 5.56 Å². The van der Waals surface area contributed by atoms with Gasteiger partial charge in [0, 0.05) is 4.88 Å². The summed E-state index contributed by atoms with van der Waals surface area (Å²) in [5.41, 5.74) is 1.15. The van der Waals surface area contributed by atoms with Gasteiger partial charge in [0.25, 0.3) is 5.56 Å². The predicted molar refractivity (Wildman–Crippen MR) is 63.9 cm³/mol. The van der Waals surface area contributed by atoms with Gasteiger partial charge in [-0.3, -0.25) is 4.79 Å². The Balaban J connectivity index is 2.25. The topological polar surface area (TPSA) is 58.6 Å². The summed E-state index contributed by atoms with van der Waals surface area (Å²) < 4.78 is 0. The highest BCUT2D eigenvalue weighted by Crippen LogP contribution is 2.31. The van der Waals surface area contributed by atoms with Crippen molar-refractivity contribution < 1.29 is 0 Å². The van der Waals surface area contributed by atoms with Crippen molar-refractivity contribution >= 4 is 21.6 Å². The molecule has 0 aliphatic heterocycles. The lowest BCUT2D eigenvalue weighted by Gasteiger charge is -2.08. The first-order valence-corrected chi connectivity index (χ1v) is 6.53. The zero-order chi connectivity index (χ0) is 11.0. The molecule has 0 bridgehead atoms. The number of nitrogens with one attached hydrogen (secondary N) is 1. The lowest BCUT2D eigenvalue weighted by atomic mass is 9.98. The van der Waals surface area contributed by atoms with E-state index in [0.29, 0.717) is 0 Å². The normalized spacial score (nSPS) is 16.8. The first kappa shape index (κ1) is 9.96. The van der Waals surface area contributed by atoms with Crippen LogP contribution < -0.4 is 5.56 Å². The van der Waals surface area contributed by atoms with E-state index in [0.717, 1.165) is 23.1 Å². The van der Waals surface area contributed by atoms with Crippen LogP contribution in [-0.2, 0) is 12.8 Å². The van der Waals surface area contributed by atoms with Gasteiger partial charge in [0.15, 0.2) is 4.83 Å². The molecule has 2 aromatic heterocycles. The van der Waals surface area contributed by atoms with Crippen LogP contribution in [0, 0.1) is 0 Å². The number of H-pyrrole nitrogens is 1. The van der Waals surface area contributed by atoms with E-state index in [1.807, 2.05) is 0 Å². The molecule has 0 amide bonds.